The minimum absolute atomic E-state index is 0.126. The maximum absolute atomic E-state index is 10.1. The van der Waals surface area contributed by atoms with Crippen LogP contribution in [0.15, 0.2) is 18.2 Å². The Labute approximate surface area is 98.8 Å². The first-order chi connectivity index (χ1) is 7.18. The molecule has 82 valence electrons. The van der Waals surface area contributed by atoms with Crippen LogP contribution in [0.25, 0.3) is 0 Å². The van der Waals surface area contributed by atoms with Crippen LogP contribution in [0.3, 0.4) is 0 Å². The molecule has 1 N–H and O–H groups in total. The summed E-state index contributed by atoms with van der Waals surface area (Å²) in [6.07, 6.45) is 0.281. The van der Waals surface area contributed by atoms with E-state index in [0.717, 1.165) is 6.42 Å². The first kappa shape index (κ1) is 11.2. The summed E-state index contributed by atoms with van der Waals surface area (Å²) in [6.45, 7) is 1.30. The molecule has 1 aromatic rings. The third-order valence-electron chi connectivity index (χ3n) is 2.69. The molecule has 0 spiro atoms. The molecule has 0 radical (unpaired) electrons. The van der Waals surface area contributed by atoms with E-state index in [2.05, 4.69) is 0 Å². The molecule has 4 heteroatoms. The molecule has 1 heterocycles. The number of halogens is 2. The van der Waals surface area contributed by atoms with E-state index in [9.17, 15) is 5.11 Å². The van der Waals surface area contributed by atoms with Crippen LogP contribution in [-0.4, -0.2) is 18.3 Å². The minimum atomic E-state index is -0.585. The van der Waals surface area contributed by atoms with Gasteiger partial charge < -0.3 is 9.84 Å². The van der Waals surface area contributed by atoms with Crippen molar-refractivity contribution in [2.75, 3.05) is 13.2 Å². The van der Waals surface area contributed by atoms with Crippen LogP contribution in [0, 0.1) is 5.92 Å². The standard InChI is InChI=1S/C11H12Cl2O2/c12-8-1-2-10(13)9(5-8)11(14)7-3-4-15-6-7/h1-2,5,7,11,14H,3-4,6H2. The van der Waals surface area contributed by atoms with Crippen molar-refractivity contribution in [1.29, 1.82) is 0 Å². The van der Waals surface area contributed by atoms with Gasteiger partial charge in [0, 0.05) is 28.1 Å². The predicted octanol–water partition coefficient (Wildman–Crippen LogP) is 3.06. The zero-order valence-electron chi connectivity index (χ0n) is 8.12. The van der Waals surface area contributed by atoms with E-state index in [1.165, 1.54) is 0 Å². The van der Waals surface area contributed by atoms with E-state index < -0.39 is 6.10 Å². The van der Waals surface area contributed by atoms with Gasteiger partial charge in [0.1, 0.15) is 0 Å². The number of aliphatic hydroxyl groups excluding tert-OH is 1. The van der Waals surface area contributed by atoms with Gasteiger partial charge in [-0.25, -0.2) is 0 Å². The van der Waals surface area contributed by atoms with Crippen molar-refractivity contribution in [3.05, 3.63) is 33.8 Å². The van der Waals surface area contributed by atoms with Gasteiger partial charge in [0.05, 0.1) is 12.7 Å². The third-order valence-corrected chi connectivity index (χ3v) is 3.27. The number of aliphatic hydroxyl groups is 1. The highest BCUT2D eigenvalue weighted by Gasteiger charge is 2.26. The van der Waals surface area contributed by atoms with E-state index in [-0.39, 0.29) is 5.92 Å². The normalized spacial score (nSPS) is 23.0. The average Bonchev–Trinajstić information content (AvgIpc) is 2.74. The zero-order valence-corrected chi connectivity index (χ0v) is 9.63. The van der Waals surface area contributed by atoms with Gasteiger partial charge in [-0.05, 0) is 24.6 Å². The summed E-state index contributed by atoms with van der Waals surface area (Å²) in [5, 5.41) is 11.2. The molecule has 1 fully saturated rings. The Bertz CT molecular complexity index is 348. The molecule has 1 saturated heterocycles. The van der Waals surface area contributed by atoms with Crippen molar-refractivity contribution in [2.45, 2.75) is 12.5 Å². The summed E-state index contributed by atoms with van der Waals surface area (Å²) in [4.78, 5) is 0. The van der Waals surface area contributed by atoms with Gasteiger partial charge in [0.15, 0.2) is 0 Å². The van der Waals surface area contributed by atoms with Gasteiger partial charge in [0.2, 0.25) is 0 Å². The van der Waals surface area contributed by atoms with Gasteiger partial charge in [-0.2, -0.15) is 0 Å². The average molecular weight is 247 g/mol. The van der Waals surface area contributed by atoms with Crippen molar-refractivity contribution >= 4 is 23.2 Å². The predicted molar refractivity (Wildman–Crippen MR) is 60.3 cm³/mol. The number of rotatable bonds is 2. The van der Waals surface area contributed by atoms with E-state index >= 15 is 0 Å². The Morgan fingerprint density at radius 2 is 2.20 bits per heavy atom. The van der Waals surface area contributed by atoms with Crippen molar-refractivity contribution in [2.24, 2.45) is 5.92 Å². The van der Waals surface area contributed by atoms with Crippen LogP contribution in [0.2, 0.25) is 10.0 Å². The van der Waals surface area contributed by atoms with Crippen LogP contribution in [0.5, 0.6) is 0 Å². The van der Waals surface area contributed by atoms with Crippen LogP contribution < -0.4 is 0 Å². The number of ether oxygens (including phenoxy) is 1. The molecular weight excluding hydrogens is 235 g/mol. The van der Waals surface area contributed by atoms with E-state index in [1.807, 2.05) is 0 Å². The smallest absolute Gasteiger partial charge is 0.0855 e. The molecular formula is C11H12Cl2O2. The lowest BCUT2D eigenvalue weighted by Crippen LogP contribution is -2.12. The highest BCUT2D eigenvalue weighted by atomic mass is 35.5. The minimum Gasteiger partial charge on any atom is -0.388 e. The second kappa shape index (κ2) is 4.71. The van der Waals surface area contributed by atoms with E-state index in [4.69, 9.17) is 27.9 Å². The first-order valence-corrected chi connectivity index (χ1v) is 5.65. The Balaban J connectivity index is 2.23. The maximum atomic E-state index is 10.1. The second-order valence-electron chi connectivity index (χ2n) is 3.73. The molecule has 0 bridgehead atoms. The molecule has 15 heavy (non-hydrogen) atoms. The van der Waals surface area contributed by atoms with Crippen molar-refractivity contribution in [3.8, 4) is 0 Å². The lowest BCUT2D eigenvalue weighted by molar-refractivity contribution is 0.0919. The molecule has 0 aromatic heterocycles. The van der Waals surface area contributed by atoms with Gasteiger partial charge >= 0.3 is 0 Å². The fourth-order valence-corrected chi connectivity index (χ4v) is 2.21. The third kappa shape index (κ3) is 2.45. The number of hydrogen-bond donors (Lipinski definition) is 1. The first-order valence-electron chi connectivity index (χ1n) is 4.89. The summed E-state index contributed by atoms with van der Waals surface area (Å²) in [5.41, 5.74) is 0.694. The van der Waals surface area contributed by atoms with Crippen LogP contribution in [0.4, 0.5) is 0 Å². The molecule has 2 nitrogen and oxygen atoms in total. The Morgan fingerprint density at radius 3 is 2.87 bits per heavy atom. The van der Waals surface area contributed by atoms with Crippen LogP contribution in [0.1, 0.15) is 18.1 Å². The number of benzene rings is 1. The summed E-state index contributed by atoms with van der Waals surface area (Å²) >= 11 is 11.9. The van der Waals surface area contributed by atoms with Gasteiger partial charge in [-0.1, -0.05) is 23.2 Å². The maximum Gasteiger partial charge on any atom is 0.0855 e. The fraction of sp³-hybridized carbons (Fsp3) is 0.455. The molecule has 1 aliphatic heterocycles. The highest BCUT2D eigenvalue weighted by Crippen LogP contribution is 2.34. The van der Waals surface area contributed by atoms with Crippen molar-refractivity contribution < 1.29 is 9.84 Å². The molecule has 0 aliphatic carbocycles. The molecule has 0 amide bonds. The SMILES string of the molecule is OC(c1cc(Cl)ccc1Cl)C1CCOC1. The Morgan fingerprint density at radius 1 is 1.40 bits per heavy atom. The molecule has 1 aromatic carbocycles. The quantitative estimate of drug-likeness (QED) is 0.870. The zero-order chi connectivity index (χ0) is 10.8. The molecule has 1 aliphatic rings. The Hall–Kier alpha value is -0.280. The Kier molecular flexibility index (Phi) is 3.52. The number of hydrogen-bond acceptors (Lipinski definition) is 2. The largest absolute Gasteiger partial charge is 0.388 e. The molecule has 0 saturated carbocycles. The summed E-state index contributed by atoms with van der Waals surface area (Å²) in [5.74, 6) is 0.126. The molecule has 2 unspecified atom stereocenters. The van der Waals surface area contributed by atoms with Crippen molar-refractivity contribution in [1.82, 2.24) is 0 Å². The molecule has 2 rings (SSSR count). The van der Waals surface area contributed by atoms with Gasteiger partial charge in [-0.15, -0.1) is 0 Å². The monoisotopic (exact) mass is 246 g/mol. The molecule has 2 atom stereocenters. The van der Waals surface area contributed by atoms with Crippen LogP contribution >= 0.6 is 23.2 Å². The lowest BCUT2D eigenvalue weighted by atomic mass is 9.95. The summed E-state index contributed by atoms with van der Waals surface area (Å²) < 4.78 is 5.23. The highest BCUT2D eigenvalue weighted by molar-refractivity contribution is 6.33. The van der Waals surface area contributed by atoms with Crippen molar-refractivity contribution in [3.63, 3.8) is 0 Å². The van der Waals surface area contributed by atoms with E-state index in [0.29, 0.717) is 28.8 Å². The summed E-state index contributed by atoms with van der Waals surface area (Å²) in [7, 11) is 0. The fourth-order valence-electron chi connectivity index (χ4n) is 1.80. The topological polar surface area (TPSA) is 29.5 Å². The van der Waals surface area contributed by atoms with E-state index in [1.54, 1.807) is 18.2 Å². The summed E-state index contributed by atoms with van der Waals surface area (Å²) in [6, 6.07) is 5.14. The van der Waals surface area contributed by atoms with Gasteiger partial charge in [0.25, 0.3) is 0 Å². The second-order valence-corrected chi connectivity index (χ2v) is 4.58. The lowest BCUT2D eigenvalue weighted by Gasteiger charge is -2.18. The van der Waals surface area contributed by atoms with Crippen LogP contribution in [-0.2, 0) is 4.74 Å². The van der Waals surface area contributed by atoms with Gasteiger partial charge in [-0.3, -0.25) is 0 Å².